The Balaban J connectivity index is 2.22. The monoisotopic (exact) mass is 312 g/mol. The molecular formula is C19H14Cl2. The lowest BCUT2D eigenvalue weighted by atomic mass is 9.85. The molecule has 0 radical (unpaired) electrons. The Morgan fingerprint density at radius 2 is 0.952 bits per heavy atom. The molecule has 0 fully saturated rings. The highest BCUT2D eigenvalue weighted by Crippen LogP contribution is 2.38. The zero-order valence-electron chi connectivity index (χ0n) is 11.3. The molecular weight excluding hydrogens is 299 g/mol. The van der Waals surface area contributed by atoms with E-state index < -0.39 is 0 Å². The maximum absolute atomic E-state index is 6.43. The van der Waals surface area contributed by atoms with Gasteiger partial charge in [-0.25, -0.2) is 0 Å². The highest BCUT2D eigenvalue weighted by atomic mass is 35.5. The maximum Gasteiger partial charge on any atom is 0.0447 e. The van der Waals surface area contributed by atoms with Gasteiger partial charge in [-0.2, -0.15) is 0 Å². The molecule has 0 saturated carbocycles. The van der Waals surface area contributed by atoms with Gasteiger partial charge in [0, 0.05) is 16.0 Å². The molecule has 0 spiro atoms. The van der Waals surface area contributed by atoms with Crippen molar-refractivity contribution in [3.05, 3.63) is 106 Å². The summed E-state index contributed by atoms with van der Waals surface area (Å²) in [5, 5.41) is 1.51. The third kappa shape index (κ3) is 2.97. The van der Waals surface area contributed by atoms with Gasteiger partial charge in [0.2, 0.25) is 0 Å². The number of hydrogen-bond acceptors (Lipinski definition) is 0. The van der Waals surface area contributed by atoms with Crippen LogP contribution < -0.4 is 0 Å². The molecule has 0 heterocycles. The van der Waals surface area contributed by atoms with E-state index in [0.29, 0.717) is 0 Å². The van der Waals surface area contributed by atoms with Gasteiger partial charge in [0.05, 0.1) is 0 Å². The average Bonchev–Trinajstić information content (AvgIpc) is 2.52. The van der Waals surface area contributed by atoms with Crippen molar-refractivity contribution in [3.63, 3.8) is 0 Å². The summed E-state index contributed by atoms with van der Waals surface area (Å²) in [5.74, 6) is 0.0357. The molecule has 0 aliphatic heterocycles. The van der Waals surface area contributed by atoms with Gasteiger partial charge in [0.1, 0.15) is 0 Å². The second-order valence-corrected chi connectivity index (χ2v) is 5.70. The van der Waals surface area contributed by atoms with E-state index in [1.165, 1.54) is 5.56 Å². The van der Waals surface area contributed by atoms with E-state index in [2.05, 4.69) is 24.3 Å². The highest BCUT2D eigenvalue weighted by Gasteiger charge is 2.20. The van der Waals surface area contributed by atoms with Gasteiger partial charge in [-0.05, 0) is 28.8 Å². The first-order valence-corrected chi connectivity index (χ1v) is 7.57. The van der Waals surface area contributed by atoms with Crippen LogP contribution in [-0.4, -0.2) is 0 Å². The van der Waals surface area contributed by atoms with Crippen molar-refractivity contribution in [2.45, 2.75) is 5.92 Å². The Morgan fingerprint density at radius 3 is 1.43 bits per heavy atom. The highest BCUT2D eigenvalue weighted by molar-refractivity contribution is 6.32. The summed E-state index contributed by atoms with van der Waals surface area (Å²) >= 11 is 12.9. The fraction of sp³-hybridized carbons (Fsp3) is 0.0526. The minimum absolute atomic E-state index is 0.0357. The molecule has 2 heteroatoms. The summed E-state index contributed by atoms with van der Waals surface area (Å²) in [6.45, 7) is 0. The molecule has 3 rings (SSSR count). The van der Waals surface area contributed by atoms with Crippen LogP contribution in [0.25, 0.3) is 0 Å². The van der Waals surface area contributed by atoms with Gasteiger partial charge in [-0.15, -0.1) is 0 Å². The zero-order chi connectivity index (χ0) is 14.7. The van der Waals surface area contributed by atoms with Crippen LogP contribution in [0.3, 0.4) is 0 Å². The van der Waals surface area contributed by atoms with E-state index >= 15 is 0 Å². The fourth-order valence-electron chi connectivity index (χ4n) is 2.59. The quantitative estimate of drug-likeness (QED) is 0.507. The lowest BCUT2D eigenvalue weighted by Crippen LogP contribution is -2.04. The fourth-order valence-corrected chi connectivity index (χ4v) is 3.08. The van der Waals surface area contributed by atoms with E-state index in [1.807, 2.05) is 54.6 Å². The minimum atomic E-state index is 0.0357. The average molecular weight is 313 g/mol. The normalized spacial score (nSPS) is 10.8. The zero-order valence-corrected chi connectivity index (χ0v) is 12.9. The summed E-state index contributed by atoms with van der Waals surface area (Å²) in [7, 11) is 0. The molecule has 104 valence electrons. The first kappa shape index (κ1) is 14.2. The van der Waals surface area contributed by atoms with Crippen LogP contribution in [0.5, 0.6) is 0 Å². The molecule has 0 saturated heterocycles. The summed E-state index contributed by atoms with van der Waals surface area (Å²) in [4.78, 5) is 0. The predicted molar refractivity (Wildman–Crippen MR) is 90.3 cm³/mol. The van der Waals surface area contributed by atoms with Gasteiger partial charge in [-0.3, -0.25) is 0 Å². The SMILES string of the molecule is Clc1ccccc1C(c1ccccc1)c1ccccc1Cl. The molecule has 0 aliphatic rings. The van der Waals surface area contributed by atoms with Crippen LogP contribution in [0.2, 0.25) is 10.0 Å². The van der Waals surface area contributed by atoms with Crippen LogP contribution in [-0.2, 0) is 0 Å². The molecule has 3 aromatic rings. The van der Waals surface area contributed by atoms with E-state index in [0.717, 1.165) is 21.2 Å². The number of rotatable bonds is 3. The molecule has 0 nitrogen and oxygen atoms in total. The van der Waals surface area contributed by atoms with Crippen molar-refractivity contribution in [3.8, 4) is 0 Å². The molecule has 0 N–H and O–H groups in total. The third-order valence-corrected chi connectivity index (χ3v) is 4.25. The second kappa shape index (κ2) is 6.34. The lowest BCUT2D eigenvalue weighted by Gasteiger charge is -2.21. The van der Waals surface area contributed by atoms with Gasteiger partial charge >= 0.3 is 0 Å². The number of halogens is 2. The topological polar surface area (TPSA) is 0 Å². The van der Waals surface area contributed by atoms with Gasteiger partial charge in [0.25, 0.3) is 0 Å². The third-order valence-electron chi connectivity index (χ3n) is 3.57. The number of benzene rings is 3. The molecule has 0 amide bonds. The van der Waals surface area contributed by atoms with Crippen LogP contribution in [0, 0.1) is 0 Å². The first-order valence-electron chi connectivity index (χ1n) is 6.81. The van der Waals surface area contributed by atoms with Crippen LogP contribution in [0.1, 0.15) is 22.6 Å². The Morgan fingerprint density at radius 1 is 0.524 bits per heavy atom. The van der Waals surface area contributed by atoms with Gasteiger partial charge < -0.3 is 0 Å². The van der Waals surface area contributed by atoms with Crippen molar-refractivity contribution < 1.29 is 0 Å². The van der Waals surface area contributed by atoms with Crippen molar-refractivity contribution in [2.24, 2.45) is 0 Å². The van der Waals surface area contributed by atoms with E-state index in [4.69, 9.17) is 23.2 Å². The van der Waals surface area contributed by atoms with Crippen molar-refractivity contribution in [1.29, 1.82) is 0 Å². The van der Waals surface area contributed by atoms with Crippen molar-refractivity contribution in [2.75, 3.05) is 0 Å². The summed E-state index contributed by atoms with van der Waals surface area (Å²) in [6, 6.07) is 26.2. The lowest BCUT2D eigenvalue weighted by molar-refractivity contribution is 0.978. The van der Waals surface area contributed by atoms with Crippen LogP contribution >= 0.6 is 23.2 Å². The predicted octanol–water partition coefficient (Wildman–Crippen LogP) is 6.17. The Labute approximate surface area is 135 Å². The minimum Gasteiger partial charge on any atom is -0.0840 e. The molecule has 0 unspecified atom stereocenters. The smallest absolute Gasteiger partial charge is 0.0447 e. The van der Waals surface area contributed by atoms with Crippen molar-refractivity contribution >= 4 is 23.2 Å². The molecule has 0 atom stereocenters. The Hall–Kier alpha value is -1.76. The molecule has 21 heavy (non-hydrogen) atoms. The van der Waals surface area contributed by atoms with Crippen molar-refractivity contribution in [1.82, 2.24) is 0 Å². The standard InChI is InChI=1S/C19H14Cl2/c20-17-12-6-4-10-15(17)19(14-8-2-1-3-9-14)16-11-5-7-13-18(16)21/h1-13,19H. The van der Waals surface area contributed by atoms with Crippen LogP contribution in [0.4, 0.5) is 0 Å². The number of hydrogen-bond donors (Lipinski definition) is 0. The summed E-state index contributed by atoms with van der Waals surface area (Å²) in [5.41, 5.74) is 3.32. The molecule has 3 aromatic carbocycles. The largest absolute Gasteiger partial charge is 0.0840 e. The van der Waals surface area contributed by atoms with Crippen LogP contribution in [0.15, 0.2) is 78.9 Å². The van der Waals surface area contributed by atoms with E-state index in [9.17, 15) is 0 Å². The van der Waals surface area contributed by atoms with E-state index in [1.54, 1.807) is 0 Å². The Kier molecular flexibility index (Phi) is 4.28. The second-order valence-electron chi connectivity index (χ2n) is 4.89. The summed E-state index contributed by atoms with van der Waals surface area (Å²) in [6.07, 6.45) is 0. The first-order chi connectivity index (χ1) is 10.3. The molecule has 0 bridgehead atoms. The van der Waals surface area contributed by atoms with Gasteiger partial charge in [-0.1, -0.05) is 89.9 Å². The maximum atomic E-state index is 6.43. The van der Waals surface area contributed by atoms with E-state index in [-0.39, 0.29) is 5.92 Å². The molecule has 0 aromatic heterocycles. The van der Waals surface area contributed by atoms with Gasteiger partial charge in [0.15, 0.2) is 0 Å². The summed E-state index contributed by atoms with van der Waals surface area (Å²) < 4.78 is 0. The molecule has 0 aliphatic carbocycles. The Bertz CT molecular complexity index is 690.